The summed E-state index contributed by atoms with van der Waals surface area (Å²) in [5, 5.41) is -0.685. The molecule has 0 amide bonds. The number of hydrogen-bond acceptors (Lipinski definition) is 1. The number of carbonyl (C=O) groups excluding carboxylic acids is 1. The number of carbonyl (C=O) groups is 1. The van der Waals surface area contributed by atoms with Crippen molar-refractivity contribution in [1.29, 1.82) is 0 Å². The lowest BCUT2D eigenvalue weighted by Gasteiger charge is -2.27. The van der Waals surface area contributed by atoms with Crippen molar-refractivity contribution in [2.45, 2.75) is 39.5 Å². The van der Waals surface area contributed by atoms with E-state index in [9.17, 15) is 9.18 Å². The molecule has 1 aromatic rings. The molecule has 0 fully saturated rings. The second kappa shape index (κ2) is 5.83. The summed E-state index contributed by atoms with van der Waals surface area (Å²) < 4.78 is 12.8. The summed E-state index contributed by atoms with van der Waals surface area (Å²) in [7, 11) is 0. The minimum atomic E-state index is -0.685. The highest BCUT2D eigenvalue weighted by Crippen LogP contribution is 2.32. The molecule has 0 saturated carbocycles. The van der Waals surface area contributed by atoms with Crippen LogP contribution in [0.15, 0.2) is 24.3 Å². The molecule has 0 aliphatic rings. The lowest BCUT2D eigenvalue weighted by molar-refractivity contribution is -0.120. The Labute approximate surface area is 113 Å². The molecule has 1 nitrogen and oxygen atoms in total. The van der Waals surface area contributed by atoms with Crippen molar-refractivity contribution in [1.82, 2.24) is 0 Å². The third kappa shape index (κ3) is 4.09. The van der Waals surface area contributed by atoms with Crippen molar-refractivity contribution in [3.63, 3.8) is 0 Å². The maximum atomic E-state index is 12.8. The summed E-state index contributed by atoms with van der Waals surface area (Å²) >= 11 is 6.13. The van der Waals surface area contributed by atoms with Crippen molar-refractivity contribution in [2.75, 3.05) is 0 Å². The lowest BCUT2D eigenvalue weighted by Crippen LogP contribution is -2.22. The van der Waals surface area contributed by atoms with Gasteiger partial charge in [-0.2, -0.15) is 0 Å². The Bertz CT molecular complexity index is 405. The van der Waals surface area contributed by atoms with Crippen molar-refractivity contribution in [3.05, 3.63) is 35.6 Å². The smallest absolute Gasteiger partial charge is 0.155 e. The van der Waals surface area contributed by atoms with Gasteiger partial charge in [0.05, 0.1) is 0 Å². The fraction of sp³-hybridized carbons (Fsp3) is 0.533. The molecule has 0 N–H and O–H groups in total. The van der Waals surface area contributed by atoms with Gasteiger partial charge >= 0.3 is 0 Å². The fourth-order valence-electron chi connectivity index (χ4n) is 1.53. The van der Waals surface area contributed by atoms with Crippen molar-refractivity contribution < 1.29 is 9.18 Å². The normalized spacial score (nSPS) is 15.2. The highest BCUT2D eigenvalue weighted by Gasteiger charge is 2.26. The molecule has 0 aliphatic carbocycles. The van der Waals surface area contributed by atoms with Crippen molar-refractivity contribution >= 4 is 17.4 Å². The molecule has 2 atom stereocenters. The molecule has 0 bridgehead atoms. The van der Waals surface area contributed by atoms with E-state index in [1.807, 2.05) is 6.92 Å². The fourth-order valence-corrected chi connectivity index (χ4v) is 1.76. The van der Waals surface area contributed by atoms with Crippen LogP contribution in [-0.4, -0.2) is 5.78 Å². The van der Waals surface area contributed by atoms with E-state index >= 15 is 0 Å². The molecule has 0 heterocycles. The zero-order chi connectivity index (χ0) is 13.9. The number of Topliss-reactive ketones (excluding diaryl/α,β-unsaturated/α-hetero) is 1. The first kappa shape index (κ1) is 15.2. The van der Waals surface area contributed by atoms with E-state index in [1.54, 1.807) is 12.1 Å². The molecule has 0 radical (unpaired) electrons. The first-order chi connectivity index (χ1) is 8.21. The Hall–Kier alpha value is -0.890. The molecule has 100 valence electrons. The maximum absolute atomic E-state index is 12.8. The van der Waals surface area contributed by atoms with Crippen LogP contribution in [0.4, 0.5) is 4.39 Å². The SMILES string of the molecule is CC(CC(=O)C(Cl)c1ccc(F)cc1)C(C)(C)C. The van der Waals surface area contributed by atoms with E-state index in [0.29, 0.717) is 12.0 Å². The summed E-state index contributed by atoms with van der Waals surface area (Å²) in [4.78, 5) is 12.1. The molecule has 1 rings (SSSR count). The highest BCUT2D eigenvalue weighted by atomic mass is 35.5. The molecule has 0 aliphatic heterocycles. The highest BCUT2D eigenvalue weighted by molar-refractivity contribution is 6.31. The van der Waals surface area contributed by atoms with Crippen LogP contribution in [0.25, 0.3) is 0 Å². The van der Waals surface area contributed by atoms with Crippen molar-refractivity contribution in [3.8, 4) is 0 Å². The minimum Gasteiger partial charge on any atom is -0.298 e. The molecular formula is C15H20ClFO. The summed E-state index contributed by atoms with van der Waals surface area (Å²) in [6, 6.07) is 5.77. The van der Waals surface area contributed by atoms with E-state index < -0.39 is 5.38 Å². The Balaban J connectivity index is 2.70. The number of halogens is 2. The zero-order valence-corrected chi connectivity index (χ0v) is 12.1. The monoisotopic (exact) mass is 270 g/mol. The number of ketones is 1. The Morgan fingerprint density at radius 1 is 1.28 bits per heavy atom. The van der Waals surface area contributed by atoms with Crippen LogP contribution >= 0.6 is 11.6 Å². The summed E-state index contributed by atoms with van der Waals surface area (Å²) in [6.07, 6.45) is 0.440. The lowest BCUT2D eigenvalue weighted by atomic mass is 9.78. The second-order valence-electron chi connectivity index (χ2n) is 5.85. The van der Waals surface area contributed by atoms with Crippen LogP contribution in [0.5, 0.6) is 0 Å². The first-order valence-corrected chi connectivity index (χ1v) is 6.57. The third-order valence-electron chi connectivity index (χ3n) is 3.43. The van der Waals surface area contributed by atoms with Gasteiger partial charge in [-0.3, -0.25) is 4.79 Å². The molecule has 18 heavy (non-hydrogen) atoms. The molecule has 3 heteroatoms. The first-order valence-electron chi connectivity index (χ1n) is 6.14. The van der Waals surface area contributed by atoms with Gasteiger partial charge in [-0.25, -0.2) is 4.39 Å². The molecule has 0 saturated heterocycles. The van der Waals surface area contributed by atoms with E-state index in [4.69, 9.17) is 11.6 Å². The standard InChI is InChI=1S/C15H20ClFO/c1-10(15(2,3)4)9-13(18)14(16)11-5-7-12(17)8-6-11/h5-8,10,14H,9H2,1-4H3. The van der Waals surface area contributed by atoms with E-state index in [2.05, 4.69) is 20.8 Å². The minimum absolute atomic E-state index is 0.00861. The Kier molecular flexibility index (Phi) is 4.92. The second-order valence-corrected chi connectivity index (χ2v) is 6.29. The summed E-state index contributed by atoms with van der Waals surface area (Å²) in [6.45, 7) is 8.36. The van der Waals surface area contributed by atoms with Gasteiger partial charge in [0.25, 0.3) is 0 Å². The average molecular weight is 271 g/mol. The average Bonchev–Trinajstić information content (AvgIpc) is 2.27. The zero-order valence-electron chi connectivity index (χ0n) is 11.3. The largest absolute Gasteiger partial charge is 0.298 e. The predicted molar refractivity (Wildman–Crippen MR) is 73.2 cm³/mol. The molecular weight excluding hydrogens is 251 g/mol. The maximum Gasteiger partial charge on any atom is 0.155 e. The van der Waals surface area contributed by atoms with Gasteiger partial charge in [0.15, 0.2) is 5.78 Å². The predicted octanol–water partition coefficient (Wildman–Crippen LogP) is 4.75. The van der Waals surface area contributed by atoms with E-state index in [-0.39, 0.29) is 22.9 Å². The van der Waals surface area contributed by atoms with Gasteiger partial charge < -0.3 is 0 Å². The van der Waals surface area contributed by atoms with E-state index in [1.165, 1.54) is 12.1 Å². The topological polar surface area (TPSA) is 17.1 Å². The summed E-state index contributed by atoms with van der Waals surface area (Å²) in [5.74, 6) is -0.0736. The van der Waals surface area contributed by atoms with Crippen LogP contribution in [0.2, 0.25) is 0 Å². The third-order valence-corrected chi connectivity index (χ3v) is 3.93. The van der Waals surface area contributed by atoms with Crippen LogP contribution in [0, 0.1) is 17.2 Å². The number of rotatable bonds is 4. The quantitative estimate of drug-likeness (QED) is 0.722. The number of alkyl halides is 1. The van der Waals surface area contributed by atoms with Crippen LogP contribution in [0.3, 0.4) is 0 Å². The van der Waals surface area contributed by atoms with Crippen LogP contribution in [-0.2, 0) is 4.79 Å². The van der Waals surface area contributed by atoms with Crippen molar-refractivity contribution in [2.24, 2.45) is 11.3 Å². The Morgan fingerprint density at radius 2 is 1.78 bits per heavy atom. The van der Waals surface area contributed by atoms with Gasteiger partial charge in [0, 0.05) is 6.42 Å². The molecule has 2 unspecified atom stereocenters. The van der Waals surface area contributed by atoms with Gasteiger partial charge in [0.1, 0.15) is 11.2 Å². The summed E-state index contributed by atoms with van der Waals surface area (Å²) in [5.41, 5.74) is 0.735. The van der Waals surface area contributed by atoms with Gasteiger partial charge in [-0.05, 0) is 29.0 Å². The van der Waals surface area contributed by atoms with Crippen LogP contribution in [0.1, 0.15) is 45.1 Å². The molecule has 0 spiro atoms. The van der Waals surface area contributed by atoms with Gasteiger partial charge in [0.2, 0.25) is 0 Å². The van der Waals surface area contributed by atoms with Gasteiger partial charge in [-0.1, -0.05) is 39.8 Å². The number of hydrogen-bond donors (Lipinski definition) is 0. The van der Waals surface area contributed by atoms with Crippen LogP contribution < -0.4 is 0 Å². The Morgan fingerprint density at radius 3 is 2.22 bits per heavy atom. The molecule has 1 aromatic carbocycles. The van der Waals surface area contributed by atoms with Gasteiger partial charge in [-0.15, -0.1) is 11.6 Å². The number of benzene rings is 1. The molecule has 0 aromatic heterocycles. The van der Waals surface area contributed by atoms with E-state index in [0.717, 1.165) is 0 Å².